The molecule has 2 aromatic heterocycles. The number of fused-ring (bicyclic) bond motifs is 6. The Morgan fingerprint density at radius 2 is 1.13 bits per heavy atom. The summed E-state index contributed by atoms with van der Waals surface area (Å²) in [7, 11) is 0. The second-order valence-corrected chi connectivity index (χ2v) is 7.56. The van der Waals surface area contributed by atoms with Crippen molar-refractivity contribution in [3.63, 3.8) is 0 Å². The Balaban J connectivity index is 2.01. The molecule has 0 N–H and O–H groups in total. The Morgan fingerprint density at radius 3 is 2.03 bits per heavy atom. The van der Waals surface area contributed by atoms with E-state index in [1.54, 1.807) is 12.1 Å². The molecule has 0 spiro atoms. The van der Waals surface area contributed by atoms with Gasteiger partial charge in [-0.1, -0.05) is 30.3 Å². The molecule has 4 heteroatoms. The van der Waals surface area contributed by atoms with Crippen LogP contribution in [0, 0.1) is 11.6 Å². The smallest absolute Gasteiger partial charge is 0.136 e. The second-order valence-electron chi connectivity index (χ2n) is 7.56. The average molecular weight is 394 g/mol. The topological polar surface area (TPSA) is 26.3 Å². The lowest BCUT2D eigenvalue weighted by Crippen LogP contribution is -1.92. The third-order valence-corrected chi connectivity index (χ3v) is 5.97. The van der Waals surface area contributed by atoms with Crippen molar-refractivity contribution in [2.45, 2.75) is 0 Å². The molecular weight excluding hydrogens is 382 g/mol. The van der Waals surface area contributed by atoms with Crippen LogP contribution in [0.25, 0.3) is 65.4 Å². The maximum Gasteiger partial charge on any atom is 0.136 e. The van der Waals surface area contributed by atoms with Gasteiger partial charge in [-0.15, -0.1) is 0 Å². The lowest BCUT2D eigenvalue weighted by atomic mass is 9.90. The van der Waals surface area contributed by atoms with Crippen molar-refractivity contribution in [3.8, 4) is 0 Å². The molecule has 0 amide bonds. The Hall–Kier alpha value is -3.92. The summed E-state index contributed by atoms with van der Waals surface area (Å²) < 4.78 is 41.8. The largest absolute Gasteiger partial charge is 0.456 e. The van der Waals surface area contributed by atoms with Crippen molar-refractivity contribution in [2.75, 3.05) is 0 Å². The summed E-state index contributed by atoms with van der Waals surface area (Å²) in [6.45, 7) is 0. The minimum absolute atomic E-state index is 0.327. The highest BCUT2D eigenvalue weighted by Crippen LogP contribution is 2.46. The summed E-state index contributed by atoms with van der Waals surface area (Å²) in [5.41, 5.74) is 2.49. The standard InChI is InChI=1S/C26H12F2O2/c27-13-8-10-19-16(12-13)25-23-15(5-3-7-20(23)30-19)22-17(28)9-11-21-26(22)24(25)14-4-1-2-6-18(14)29-21/h1-12H. The molecule has 0 unspecified atom stereocenters. The van der Waals surface area contributed by atoms with Gasteiger partial charge in [-0.2, -0.15) is 0 Å². The highest BCUT2D eigenvalue weighted by molar-refractivity contribution is 6.40. The highest BCUT2D eigenvalue weighted by atomic mass is 19.1. The maximum absolute atomic E-state index is 15.2. The fourth-order valence-corrected chi connectivity index (χ4v) is 4.81. The fraction of sp³-hybridized carbons (Fsp3) is 0. The van der Waals surface area contributed by atoms with E-state index in [-0.39, 0.29) is 11.6 Å². The predicted octanol–water partition coefficient (Wildman–Crippen LogP) is 8.07. The average Bonchev–Trinajstić information content (AvgIpc) is 2.77. The fourth-order valence-electron chi connectivity index (χ4n) is 4.81. The molecule has 7 rings (SSSR count). The van der Waals surface area contributed by atoms with Gasteiger partial charge in [-0.3, -0.25) is 0 Å². The molecule has 0 aliphatic rings. The van der Waals surface area contributed by atoms with Gasteiger partial charge in [0, 0.05) is 37.7 Å². The van der Waals surface area contributed by atoms with E-state index in [4.69, 9.17) is 8.83 Å². The summed E-state index contributed by atoms with van der Waals surface area (Å²) >= 11 is 0. The summed E-state index contributed by atoms with van der Waals surface area (Å²) in [6, 6.07) is 20.9. The first-order chi connectivity index (χ1) is 14.7. The molecule has 0 saturated carbocycles. The third kappa shape index (κ3) is 1.86. The zero-order chi connectivity index (χ0) is 20.0. The molecule has 0 radical (unpaired) electrons. The Morgan fingerprint density at radius 1 is 0.467 bits per heavy atom. The van der Waals surface area contributed by atoms with Crippen LogP contribution in [-0.2, 0) is 0 Å². The summed E-state index contributed by atoms with van der Waals surface area (Å²) in [6.07, 6.45) is 0. The molecule has 0 aliphatic heterocycles. The van der Waals surface area contributed by atoms with Gasteiger partial charge in [-0.25, -0.2) is 8.78 Å². The quantitative estimate of drug-likeness (QED) is 0.192. The molecule has 0 aliphatic carbocycles. The third-order valence-electron chi connectivity index (χ3n) is 5.97. The van der Waals surface area contributed by atoms with Crippen LogP contribution in [0.5, 0.6) is 0 Å². The zero-order valence-electron chi connectivity index (χ0n) is 15.5. The normalized spacial score (nSPS) is 12.3. The first-order valence-corrected chi connectivity index (χ1v) is 9.66. The van der Waals surface area contributed by atoms with E-state index in [1.807, 2.05) is 42.5 Å². The van der Waals surface area contributed by atoms with Gasteiger partial charge in [0.05, 0.1) is 0 Å². The molecule has 0 bridgehead atoms. The predicted molar refractivity (Wildman–Crippen MR) is 116 cm³/mol. The van der Waals surface area contributed by atoms with Crippen molar-refractivity contribution in [3.05, 3.63) is 84.4 Å². The minimum Gasteiger partial charge on any atom is -0.456 e. The lowest BCUT2D eigenvalue weighted by molar-refractivity contribution is 0.624. The van der Waals surface area contributed by atoms with Gasteiger partial charge in [0.1, 0.15) is 34.0 Å². The maximum atomic E-state index is 15.2. The number of halogens is 2. The summed E-state index contributed by atoms with van der Waals surface area (Å²) in [5, 5.41) is 5.88. The van der Waals surface area contributed by atoms with Crippen LogP contribution in [0.2, 0.25) is 0 Å². The van der Waals surface area contributed by atoms with E-state index in [0.29, 0.717) is 38.5 Å². The SMILES string of the molecule is Fc1ccc2oc3cccc4c5c(F)ccc6oc7ccccc7c(c65)c(c2c1)c34. The minimum atomic E-state index is -0.350. The molecule has 30 heavy (non-hydrogen) atoms. The Bertz CT molecular complexity index is 1820. The van der Waals surface area contributed by atoms with Crippen molar-refractivity contribution in [2.24, 2.45) is 0 Å². The van der Waals surface area contributed by atoms with Crippen molar-refractivity contribution in [1.82, 2.24) is 0 Å². The van der Waals surface area contributed by atoms with Crippen molar-refractivity contribution >= 4 is 65.4 Å². The van der Waals surface area contributed by atoms with Crippen LogP contribution in [0.1, 0.15) is 0 Å². The van der Waals surface area contributed by atoms with E-state index in [9.17, 15) is 4.39 Å². The van der Waals surface area contributed by atoms with Crippen molar-refractivity contribution < 1.29 is 17.6 Å². The number of benzene rings is 5. The molecule has 7 aromatic rings. The van der Waals surface area contributed by atoms with Crippen LogP contribution < -0.4 is 0 Å². The number of hydrogen-bond acceptors (Lipinski definition) is 2. The van der Waals surface area contributed by atoms with Crippen LogP contribution in [0.3, 0.4) is 0 Å². The van der Waals surface area contributed by atoms with Crippen LogP contribution in [0.15, 0.2) is 81.6 Å². The monoisotopic (exact) mass is 394 g/mol. The lowest BCUT2D eigenvalue weighted by Gasteiger charge is -2.17. The molecule has 2 nitrogen and oxygen atoms in total. The number of hydrogen-bond donors (Lipinski definition) is 0. The van der Waals surface area contributed by atoms with E-state index in [0.717, 1.165) is 26.9 Å². The van der Waals surface area contributed by atoms with Crippen LogP contribution in [0.4, 0.5) is 8.78 Å². The number of para-hydroxylation sites is 1. The number of rotatable bonds is 0. The van der Waals surface area contributed by atoms with Crippen molar-refractivity contribution in [1.29, 1.82) is 0 Å². The molecule has 0 atom stereocenters. The van der Waals surface area contributed by atoms with Gasteiger partial charge in [0.25, 0.3) is 0 Å². The molecular formula is C26H12F2O2. The summed E-state index contributed by atoms with van der Waals surface area (Å²) in [5.74, 6) is -0.677. The molecule has 0 saturated heterocycles. The van der Waals surface area contributed by atoms with Crippen LogP contribution >= 0.6 is 0 Å². The van der Waals surface area contributed by atoms with Gasteiger partial charge >= 0.3 is 0 Å². The van der Waals surface area contributed by atoms with E-state index < -0.39 is 0 Å². The summed E-state index contributed by atoms with van der Waals surface area (Å²) in [4.78, 5) is 0. The van der Waals surface area contributed by atoms with E-state index in [2.05, 4.69) is 0 Å². The van der Waals surface area contributed by atoms with Gasteiger partial charge in [0.15, 0.2) is 0 Å². The Kier molecular flexibility index (Phi) is 2.85. The van der Waals surface area contributed by atoms with Gasteiger partial charge in [-0.05, 0) is 47.9 Å². The highest BCUT2D eigenvalue weighted by Gasteiger charge is 2.22. The van der Waals surface area contributed by atoms with E-state index in [1.165, 1.54) is 18.2 Å². The Labute approximate surface area is 167 Å². The molecule has 2 heterocycles. The van der Waals surface area contributed by atoms with Crippen LogP contribution in [-0.4, -0.2) is 0 Å². The molecule has 142 valence electrons. The first kappa shape index (κ1) is 15.9. The van der Waals surface area contributed by atoms with Gasteiger partial charge in [0.2, 0.25) is 0 Å². The first-order valence-electron chi connectivity index (χ1n) is 9.66. The zero-order valence-corrected chi connectivity index (χ0v) is 15.5. The second kappa shape index (κ2) is 5.36. The molecule has 5 aromatic carbocycles. The van der Waals surface area contributed by atoms with Gasteiger partial charge < -0.3 is 8.83 Å². The van der Waals surface area contributed by atoms with E-state index >= 15 is 4.39 Å². The molecule has 0 fully saturated rings.